The lowest BCUT2D eigenvalue weighted by Gasteiger charge is -2.09. The second-order valence-electron chi connectivity index (χ2n) is 6.16. The van der Waals surface area contributed by atoms with Gasteiger partial charge in [0.15, 0.2) is 5.82 Å². The van der Waals surface area contributed by atoms with Gasteiger partial charge in [-0.2, -0.15) is 5.10 Å². The van der Waals surface area contributed by atoms with Gasteiger partial charge in [0.25, 0.3) is 5.91 Å². The van der Waals surface area contributed by atoms with E-state index in [9.17, 15) is 4.79 Å². The third kappa shape index (κ3) is 3.35. The maximum atomic E-state index is 12.8. The fourth-order valence-corrected chi connectivity index (χ4v) is 2.74. The van der Waals surface area contributed by atoms with Crippen LogP contribution >= 0.6 is 0 Å². The molecule has 4 aromatic heterocycles. The van der Waals surface area contributed by atoms with Crippen molar-refractivity contribution in [1.82, 2.24) is 29.7 Å². The van der Waals surface area contributed by atoms with Crippen LogP contribution in [0.15, 0.2) is 61.3 Å². The number of nitrogens with zero attached hydrogens (tertiary/aromatic N) is 6. The molecule has 4 rings (SSSR count). The smallest absolute Gasteiger partial charge is 0.275 e. The van der Waals surface area contributed by atoms with Gasteiger partial charge in [-0.3, -0.25) is 14.8 Å². The van der Waals surface area contributed by atoms with E-state index in [0.717, 1.165) is 11.1 Å². The Kier molecular flexibility index (Phi) is 4.59. The second kappa shape index (κ2) is 7.36. The van der Waals surface area contributed by atoms with Crippen LogP contribution in [0.1, 0.15) is 21.6 Å². The number of nitrogens with one attached hydrogen (secondary N) is 1. The summed E-state index contributed by atoms with van der Waals surface area (Å²) in [6.45, 7) is 3.98. The van der Waals surface area contributed by atoms with Gasteiger partial charge in [0, 0.05) is 18.6 Å². The summed E-state index contributed by atoms with van der Waals surface area (Å²) in [6.07, 6.45) is 8.18. The summed E-state index contributed by atoms with van der Waals surface area (Å²) in [5.74, 6) is 0.510. The first-order valence-corrected chi connectivity index (χ1v) is 8.65. The minimum absolute atomic E-state index is 0.333. The Hall–Kier alpha value is -3.94. The van der Waals surface area contributed by atoms with Crippen LogP contribution in [0, 0.1) is 13.8 Å². The van der Waals surface area contributed by atoms with Crippen molar-refractivity contribution in [3.05, 3.63) is 78.1 Å². The van der Waals surface area contributed by atoms with Crippen molar-refractivity contribution in [2.45, 2.75) is 13.8 Å². The Bertz CT molecular complexity index is 1140. The number of amides is 1. The number of aryl methyl sites for hydroxylation is 1. The molecular formula is C20H17N7O. The molecule has 4 aromatic rings. The number of carbonyl (C=O) groups excluding carboxylic acids is 1. The molecule has 1 amide bonds. The minimum atomic E-state index is -0.333. The standard InChI is InChI=1S/C20H17N7O/c1-13-5-9-22-18(14(13)2)19-23-10-7-17(25-19)26-20(28)16-6-11-24-27(16)15-4-3-8-21-12-15/h3-12H,1-2H3,(H,23,25,26,28). The number of hydrogen-bond acceptors (Lipinski definition) is 6. The molecule has 0 aromatic carbocycles. The van der Waals surface area contributed by atoms with Gasteiger partial charge in [-0.25, -0.2) is 14.6 Å². The molecule has 0 saturated carbocycles. The summed E-state index contributed by atoms with van der Waals surface area (Å²) in [5.41, 5.74) is 3.86. The van der Waals surface area contributed by atoms with E-state index in [1.54, 1.807) is 49.2 Å². The van der Waals surface area contributed by atoms with Crippen molar-refractivity contribution in [2.75, 3.05) is 5.32 Å². The fraction of sp³-hybridized carbons (Fsp3) is 0.100. The van der Waals surface area contributed by atoms with Crippen LogP contribution in [-0.4, -0.2) is 35.6 Å². The van der Waals surface area contributed by atoms with Gasteiger partial charge in [0.2, 0.25) is 0 Å². The van der Waals surface area contributed by atoms with Crippen LogP contribution in [0.5, 0.6) is 0 Å². The highest BCUT2D eigenvalue weighted by Crippen LogP contribution is 2.20. The molecule has 4 heterocycles. The number of pyridine rings is 2. The first kappa shape index (κ1) is 17.5. The van der Waals surface area contributed by atoms with Crippen LogP contribution in [0.3, 0.4) is 0 Å². The number of rotatable bonds is 4. The summed E-state index contributed by atoms with van der Waals surface area (Å²) in [4.78, 5) is 30.0. The summed E-state index contributed by atoms with van der Waals surface area (Å²) in [7, 11) is 0. The van der Waals surface area contributed by atoms with Crippen molar-refractivity contribution in [2.24, 2.45) is 0 Å². The predicted molar refractivity (Wildman–Crippen MR) is 104 cm³/mol. The summed E-state index contributed by atoms with van der Waals surface area (Å²) in [6, 6.07) is 8.82. The van der Waals surface area contributed by atoms with Gasteiger partial charge < -0.3 is 5.32 Å². The van der Waals surface area contributed by atoms with Crippen LogP contribution < -0.4 is 5.32 Å². The van der Waals surface area contributed by atoms with Gasteiger partial charge in [-0.15, -0.1) is 0 Å². The van der Waals surface area contributed by atoms with E-state index in [-0.39, 0.29) is 5.91 Å². The van der Waals surface area contributed by atoms with Crippen LogP contribution in [0.25, 0.3) is 17.2 Å². The summed E-state index contributed by atoms with van der Waals surface area (Å²) >= 11 is 0. The highest BCUT2D eigenvalue weighted by atomic mass is 16.2. The second-order valence-corrected chi connectivity index (χ2v) is 6.16. The van der Waals surface area contributed by atoms with E-state index >= 15 is 0 Å². The molecule has 0 atom stereocenters. The van der Waals surface area contributed by atoms with Crippen molar-refractivity contribution < 1.29 is 4.79 Å². The Morgan fingerprint density at radius 1 is 1.00 bits per heavy atom. The van der Waals surface area contributed by atoms with Crippen molar-refractivity contribution in [3.8, 4) is 17.2 Å². The minimum Gasteiger partial charge on any atom is -0.305 e. The van der Waals surface area contributed by atoms with Crippen molar-refractivity contribution in [3.63, 3.8) is 0 Å². The molecule has 0 radical (unpaired) electrons. The van der Waals surface area contributed by atoms with Crippen LogP contribution in [0.2, 0.25) is 0 Å². The molecule has 0 spiro atoms. The molecule has 28 heavy (non-hydrogen) atoms. The first-order chi connectivity index (χ1) is 13.6. The van der Waals surface area contributed by atoms with E-state index in [1.165, 1.54) is 4.68 Å². The van der Waals surface area contributed by atoms with Gasteiger partial charge in [0.1, 0.15) is 17.2 Å². The zero-order chi connectivity index (χ0) is 19.5. The van der Waals surface area contributed by atoms with E-state index in [4.69, 9.17) is 0 Å². The molecular weight excluding hydrogens is 354 g/mol. The molecule has 0 aliphatic rings. The molecule has 0 saturated heterocycles. The zero-order valence-electron chi connectivity index (χ0n) is 15.4. The average Bonchev–Trinajstić information content (AvgIpc) is 3.21. The molecule has 0 fully saturated rings. The first-order valence-electron chi connectivity index (χ1n) is 8.65. The number of anilines is 1. The highest BCUT2D eigenvalue weighted by molar-refractivity contribution is 6.02. The Morgan fingerprint density at radius 3 is 2.68 bits per heavy atom. The summed E-state index contributed by atoms with van der Waals surface area (Å²) < 4.78 is 1.52. The zero-order valence-corrected chi connectivity index (χ0v) is 15.4. The molecule has 0 unspecified atom stereocenters. The van der Waals surface area contributed by atoms with Crippen molar-refractivity contribution in [1.29, 1.82) is 0 Å². The predicted octanol–water partition coefficient (Wildman–Crippen LogP) is 2.99. The quantitative estimate of drug-likeness (QED) is 0.592. The molecule has 0 aliphatic heterocycles. The monoisotopic (exact) mass is 371 g/mol. The lowest BCUT2D eigenvalue weighted by molar-refractivity contribution is 0.101. The molecule has 138 valence electrons. The maximum Gasteiger partial charge on any atom is 0.275 e. The van der Waals surface area contributed by atoms with Gasteiger partial charge in [-0.1, -0.05) is 0 Å². The number of aromatic nitrogens is 6. The SMILES string of the molecule is Cc1ccnc(-c2nccc(NC(=O)c3ccnn3-c3cccnc3)n2)c1C. The van der Waals surface area contributed by atoms with Gasteiger partial charge in [-0.05, 0) is 55.3 Å². The lowest BCUT2D eigenvalue weighted by Crippen LogP contribution is -2.18. The normalized spacial score (nSPS) is 10.6. The Balaban J connectivity index is 1.62. The molecule has 0 bridgehead atoms. The van der Waals surface area contributed by atoms with Gasteiger partial charge >= 0.3 is 0 Å². The Morgan fingerprint density at radius 2 is 1.86 bits per heavy atom. The van der Waals surface area contributed by atoms with Crippen LogP contribution in [0.4, 0.5) is 5.82 Å². The van der Waals surface area contributed by atoms with Gasteiger partial charge in [0.05, 0.1) is 18.1 Å². The van der Waals surface area contributed by atoms with E-state index < -0.39 is 0 Å². The molecule has 0 aliphatic carbocycles. The van der Waals surface area contributed by atoms with Crippen LogP contribution in [-0.2, 0) is 0 Å². The van der Waals surface area contributed by atoms with E-state index in [0.29, 0.717) is 28.7 Å². The number of carbonyl (C=O) groups is 1. The highest BCUT2D eigenvalue weighted by Gasteiger charge is 2.15. The Labute approximate surface area is 161 Å². The lowest BCUT2D eigenvalue weighted by atomic mass is 10.1. The molecule has 1 N–H and O–H groups in total. The third-order valence-electron chi connectivity index (χ3n) is 4.35. The topological polar surface area (TPSA) is 98.5 Å². The molecule has 8 heteroatoms. The summed E-state index contributed by atoms with van der Waals surface area (Å²) in [5, 5.41) is 7.01. The fourth-order valence-electron chi connectivity index (χ4n) is 2.74. The largest absolute Gasteiger partial charge is 0.305 e. The third-order valence-corrected chi connectivity index (χ3v) is 4.35. The molecule has 8 nitrogen and oxygen atoms in total. The number of hydrogen-bond donors (Lipinski definition) is 1. The average molecular weight is 371 g/mol. The van der Waals surface area contributed by atoms with Crippen molar-refractivity contribution >= 4 is 11.7 Å². The maximum absolute atomic E-state index is 12.8. The van der Waals surface area contributed by atoms with E-state index in [1.807, 2.05) is 26.0 Å². The van der Waals surface area contributed by atoms with E-state index in [2.05, 4.69) is 30.4 Å².